The van der Waals surface area contributed by atoms with Gasteiger partial charge in [0.1, 0.15) is 0 Å². The second-order valence-electron chi connectivity index (χ2n) is 7.08. The molecule has 2 aromatic carbocycles. The first-order chi connectivity index (χ1) is 15.9. The number of benzene rings is 2. The maximum absolute atomic E-state index is 13.2. The number of aromatic nitrogens is 2. The molecular weight excluding hydrogens is 456 g/mol. The van der Waals surface area contributed by atoms with Crippen molar-refractivity contribution in [1.29, 1.82) is 0 Å². The third-order valence-corrected chi connectivity index (χ3v) is 5.69. The molecule has 0 bridgehead atoms. The van der Waals surface area contributed by atoms with E-state index in [1.807, 2.05) is 6.92 Å². The quantitative estimate of drug-likeness (QED) is 0.284. The smallest absolute Gasteiger partial charge is 0.395 e. The Morgan fingerprint density at radius 2 is 2.00 bits per heavy atom. The molecule has 0 fully saturated rings. The van der Waals surface area contributed by atoms with E-state index in [0.717, 1.165) is 11.8 Å². The Labute approximate surface area is 191 Å². The average Bonchev–Trinajstić information content (AvgIpc) is 3.09. The van der Waals surface area contributed by atoms with Crippen LogP contribution in [0.3, 0.4) is 0 Å². The van der Waals surface area contributed by atoms with Crippen molar-refractivity contribution in [3.8, 4) is 11.5 Å². The van der Waals surface area contributed by atoms with E-state index < -0.39 is 12.2 Å². The molecule has 33 heavy (non-hydrogen) atoms. The highest BCUT2D eigenvalue weighted by atomic mass is 32.2. The van der Waals surface area contributed by atoms with Gasteiger partial charge in [-0.25, -0.2) is 4.98 Å². The van der Waals surface area contributed by atoms with Crippen LogP contribution in [0.1, 0.15) is 13.3 Å². The van der Waals surface area contributed by atoms with E-state index >= 15 is 0 Å². The highest BCUT2D eigenvalue weighted by molar-refractivity contribution is 7.99. The van der Waals surface area contributed by atoms with Crippen LogP contribution < -0.4 is 20.3 Å². The molecule has 1 aliphatic rings. The van der Waals surface area contributed by atoms with Crippen molar-refractivity contribution in [2.45, 2.75) is 31.3 Å². The number of carbonyl (C=O) groups is 1. The van der Waals surface area contributed by atoms with Crippen LogP contribution >= 0.6 is 11.8 Å². The zero-order valence-electron chi connectivity index (χ0n) is 17.7. The first kappa shape index (κ1) is 23.0. The van der Waals surface area contributed by atoms with Crippen LogP contribution in [0.25, 0.3) is 10.9 Å². The minimum atomic E-state index is -3.73. The predicted molar refractivity (Wildman–Crippen MR) is 119 cm³/mol. The number of thioether (sulfide) groups is 1. The van der Waals surface area contributed by atoms with Gasteiger partial charge in [0.05, 0.1) is 16.7 Å². The lowest BCUT2D eigenvalue weighted by atomic mass is 10.2. The summed E-state index contributed by atoms with van der Waals surface area (Å²) < 4.78 is 42.0. The molecule has 8 nitrogen and oxygen atoms in total. The van der Waals surface area contributed by atoms with E-state index in [1.54, 1.807) is 28.8 Å². The van der Waals surface area contributed by atoms with E-state index in [0.29, 0.717) is 42.2 Å². The average molecular weight is 477 g/mol. The zero-order chi connectivity index (χ0) is 23.4. The highest BCUT2D eigenvalue weighted by Crippen LogP contribution is 2.42. The van der Waals surface area contributed by atoms with Gasteiger partial charge in [-0.05, 0) is 37.6 Å². The largest absolute Gasteiger partial charge is 0.586 e. The van der Waals surface area contributed by atoms with Crippen LogP contribution in [0.2, 0.25) is 0 Å². The number of nitrogens with one attached hydrogen (secondary N) is 1. The van der Waals surface area contributed by atoms with Gasteiger partial charge in [0, 0.05) is 31.5 Å². The van der Waals surface area contributed by atoms with Crippen LogP contribution in [0.15, 0.2) is 52.4 Å². The fourth-order valence-electron chi connectivity index (χ4n) is 3.28. The molecule has 0 saturated carbocycles. The number of alkyl halides is 2. The van der Waals surface area contributed by atoms with Gasteiger partial charge in [0.2, 0.25) is 5.91 Å². The van der Waals surface area contributed by atoms with E-state index in [2.05, 4.69) is 19.8 Å². The monoisotopic (exact) mass is 477 g/mol. The number of hydrogen-bond donors (Lipinski definition) is 1. The zero-order valence-corrected chi connectivity index (χ0v) is 18.5. The molecule has 4 rings (SSSR count). The SMILES string of the molecule is CCOCCCn1c(SCC(=O)Nc2ccc3c(c2)OC(F)(F)O3)nc2ccccc2c1=O. The fraction of sp³-hybridized carbons (Fsp3) is 0.318. The van der Waals surface area contributed by atoms with Gasteiger partial charge >= 0.3 is 6.29 Å². The van der Waals surface area contributed by atoms with Crippen molar-refractivity contribution in [1.82, 2.24) is 9.55 Å². The molecule has 0 atom stereocenters. The van der Waals surface area contributed by atoms with Crippen LogP contribution in [-0.2, 0) is 16.1 Å². The van der Waals surface area contributed by atoms with Crippen molar-refractivity contribution in [2.24, 2.45) is 0 Å². The van der Waals surface area contributed by atoms with Crippen molar-refractivity contribution < 1.29 is 27.8 Å². The van der Waals surface area contributed by atoms with Gasteiger partial charge in [0.25, 0.3) is 5.56 Å². The molecule has 11 heteroatoms. The number of halogens is 2. The van der Waals surface area contributed by atoms with E-state index in [-0.39, 0.29) is 28.5 Å². The highest BCUT2D eigenvalue weighted by Gasteiger charge is 2.43. The van der Waals surface area contributed by atoms with Crippen molar-refractivity contribution >= 4 is 34.3 Å². The Bertz CT molecular complexity index is 1230. The van der Waals surface area contributed by atoms with E-state index in [4.69, 9.17) is 4.74 Å². The van der Waals surface area contributed by atoms with Crippen LogP contribution in [0, 0.1) is 0 Å². The molecule has 174 valence electrons. The number of para-hydroxylation sites is 1. The number of fused-ring (bicyclic) bond motifs is 2. The molecule has 1 aromatic heterocycles. The molecule has 1 aliphatic heterocycles. The first-order valence-electron chi connectivity index (χ1n) is 10.3. The number of carbonyl (C=O) groups excluding carboxylic acids is 1. The lowest BCUT2D eigenvalue weighted by Crippen LogP contribution is -2.25. The Morgan fingerprint density at radius 1 is 1.21 bits per heavy atom. The summed E-state index contributed by atoms with van der Waals surface area (Å²) in [6, 6.07) is 11.0. The van der Waals surface area contributed by atoms with Gasteiger partial charge in [-0.2, -0.15) is 0 Å². The van der Waals surface area contributed by atoms with E-state index in [9.17, 15) is 18.4 Å². The summed E-state index contributed by atoms with van der Waals surface area (Å²) >= 11 is 1.12. The second-order valence-corrected chi connectivity index (χ2v) is 8.03. The number of nitrogens with zero attached hydrogens (tertiary/aromatic N) is 2. The van der Waals surface area contributed by atoms with Crippen molar-refractivity contribution in [3.05, 3.63) is 52.8 Å². The van der Waals surface area contributed by atoms with Crippen LogP contribution in [-0.4, -0.2) is 40.7 Å². The van der Waals surface area contributed by atoms with Gasteiger partial charge in [-0.3, -0.25) is 14.2 Å². The minimum absolute atomic E-state index is 0.0408. The maximum Gasteiger partial charge on any atom is 0.586 e. The lowest BCUT2D eigenvalue weighted by Gasteiger charge is -2.13. The van der Waals surface area contributed by atoms with Crippen molar-refractivity contribution in [3.63, 3.8) is 0 Å². The number of ether oxygens (including phenoxy) is 3. The number of hydrogen-bond acceptors (Lipinski definition) is 7. The maximum atomic E-state index is 13.2. The number of rotatable bonds is 9. The Morgan fingerprint density at radius 3 is 2.82 bits per heavy atom. The molecule has 0 aliphatic carbocycles. The van der Waals surface area contributed by atoms with E-state index in [1.165, 1.54) is 18.2 Å². The Kier molecular flexibility index (Phi) is 6.80. The summed E-state index contributed by atoms with van der Waals surface area (Å²) in [6.45, 7) is 3.39. The molecule has 2 heterocycles. The van der Waals surface area contributed by atoms with Crippen LogP contribution in [0.4, 0.5) is 14.5 Å². The third kappa shape index (κ3) is 5.42. The van der Waals surface area contributed by atoms with Crippen LogP contribution in [0.5, 0.6) is 11.5 Å². The fourth-order valence-corrected chi connectivity index (χ4v) is 4.10. The molecule has 1 amide bonds. The van der Waals surface area contributed by atoms with Gasteiger partial charge in [-0.1, -0.05) is 23.9 Å². The number of amides is 1. The second kappa shape index (κ2) is 9.75. The van der Waals surface area contributed by atoms with Gasteiger partial charge in [0.15, 0.2) is 16.7 Å². The number of anilines is 1. The molecular formula is C22H21F2N3O5S. The lowest BCUT2D eigenvalue weighted by molar-refractivity contribution is -0.286. The first-order valence-corrected chi connectivity index (χ1v) is 11.2. The molecule has 1 N–H and O–H groups in total. The predicted octanol–water partition coefficient (Wildman–Crippen LogP) is 3.88. The summed E-state index contributed by atoms with van der Waals surface area (Å²) in [4.78, 5) is 30.0. The van der Waals surface area contributed by atoms with Gasteiger partial charge in [-0.15, -0.1) is 8.78 Å². The summed E-state index contributed by atoms with van der Waals surface area (Å²) in [5, 5.41) is 3.54. The summed E-state index contributed by atoms with van der Waals surface area (Å²) in [5.74, 6) is -0.705. The van der Waals surface area contributed by atoms with Crippen molar-refractivity contribution in [2.75, 3.05) is 24.3 Å². The summed E-state index contributed by atoms with van der Waals surface area (Å²) in [7, 11) is 0. The Hall–Kier alpha value is -3.18. The summed E-state index contributed by atoms with van der Waals surface area (Å²) in [5.41, 5.74) is 0.640. The molecule has 0 saturated heterocycles. The molecule has 0 unspecified atom stereocenters. The molecule has 0 spiro atoms. The third-order valence-electron chi connectivity index (χ3n) is 4.72. The Balaban J connectivity index is 1.47. The topological polar surface area (TPSA) is 91.7 Å². The summed E-state index contributed by atoms with van der Waals surface area (Å²) in [6.07, 6.45) is -3.11. The van der Waals surface area contributed by atoms with Gasteiger partial charge < -0.3 is 19.5 Å². The molecule has 0 radical (unpaired) electrons. The normalized spacial score (nSPS) is 13.9. The molecule has 3 aromatic rings. The standard InChI is InChI=1S/C22H21F2N3O5S/c1-2-30-11-5-10-27-20(29)15-6-3-4-7-16(15)26-21(27)33-13-19(28)25-14-8-9-17-18(12-14)32-22(23,24)31-17/h3-4,6-9,12H,2,5,10-11,13H2,1H3,(H,25,28). The minimum Gasteiger partial charge on any atom is -0.395 e.